The van der Waals surface area contributed by atoms with Crippen LogP contribution in [0.25, 0.3) is 0 Å². The molecule has 1 atom stereocenters. The normalized spacial score (nSPS) is 20.7. The minimum Gasteiger partial charge on any atom is -0.481 e. The number of likely N-dealkylation sites (N-methyl/N-ethyl adjacent to an activating group) is 1. The number of nitrogens with zero attached hydrogens (tertiary/aromatic N) is 4. The first kappa shape index (κ1) is 26.8. The number of aryl methyl sites for hydroxylation is 1. The maximum atomic E-state index is 14.7. The largest absolute Gasteiger partial charge is 0.481 e. The number of hydrogen-bond acceptors (Lipinski definition) is 10. The number of carboxylic acids is 1. The number of esters is 1. The number of rotatable bonds is 9. The summed E-state index contributed by atoms with van der Waals surface area (Å²) in [7, 11) is 2.90. The van der Waals surface area contributed by atoms with Crippen molar-refractivity contribution in [1.82, 2.24) is 20.1 Å². The van der Waals surface area contributed by atoms with Gasteiger partial charge in [-0.2, -0.15) is 8.78 Å². The molecule has 2 aliphatic rings. The van der Waals surface area contributed by atoms with E-state index in [1.54, 1.807) is 32.7 Å². The number of ether oxygens (including phenoxy) is 1. The third-order valence-corrected chi connectivity index (χ3v) is 6.60. The number of methoxy groups -OCH3 is 1. The summed E-state index contributed by atoms with van der Waals surface area (Å²) in [5.74, 6) is -3.98. The quantitative estimate of drug-likeness (QED) is 0.371. The topological polar surface area (TPSA) is 120 Å². The third-order valence-electron chi connectivity index (χ3n) is 6.03. The minimum absolute atomic E-state index is 0.0251. The Bertz CT molecular complexity index is 1080. The molecule has 3 heterocycles. The molecule has 2 aliphatic heterocycles. The highest BCUT2D eigenvalue weighted by Crippen LogP contribution is 2.32. The molecule has 1 saturated heterocycles. The smallest absolute Gasteiger partial charge is 0.337 e. The Kier molecular flexibility index (Phi) is 7.72. The van der Waals surface area contributed by atoms with E-state index in [0.717, 1.165) is 0 Å². The number of carbonyl (C=O) groups excluding carboxylic acids is 1. The highest BCUT2D eigenvalue weighted by molar-refractivity contribution is 7.80. The minimum atomic E-state index is -3.22. The Labute approximate surface area is 207 Å². The summed E-state index contributed by atoms with van der Waals surface area (Å²) in [6, 6.07) is -0.848. The summed E-state index contributed by atoms with van der Waals surface area (Å²) >= 11 is 5.13. The maximum absolute atomic E-state index is 14.7. The molecule has 192 valence electrons. The number of carbonyl (C=O) groups is 2. The summed E-state index contributed by atoms with van der Waals surface area (Å²) in [6.07, 6.45) is 1.26. The molecule has 0 amide bonds. The lowest BCUT2D eigenvalue weighted by atomic mass is 9.93. The second kappa shape index (κ2) is 10.1. The van der Waals surface area contributed by atoms with Crippen molar-refractivity contribution in [3.63, 3.8) is 0 Å². The summed E-state index contributed by atoms with van der Waals surface area (Å²) in [6.45, 7) is 4.35. The van der Waals surface area contributed by atoms with E-state index in [9.17, 15) is 23.5 Å². The van der Waals surface area contributed by atoms with Crippen LogP contribution in [0.1, 0.15) is 25.3 Å². The second-order valence-electron chi connectivity index (χ2n) is 9.37. The van der Waals surface area contributed by atoms with Gasteiger partial charge in [-0.25, -0.2) is 9.78 Å². The number of amidine groups is 1. The van der Waals surface area contributed by atoms with Gasteiger partial charge < -0.3 is 24.5 Å². The van der Waals surface area contributed by atoms with Crippen LogP contribution < -0.4 is 5.32 Å². The van der Waals surface area contributed by atoms with Gasteiger partial charge in [0.05, 0.1) is 42.1 Å². The molecule has 10 nitrogen and oxygen atoms in total. The average molecular weight is 514 g/mol. The molecule has 0 aromatic carbocycles. The molecule has 1 aromatic rings. The Hall–Kier alpha value is -2.77. The second-order valence-corrected chi connectivity index (χ2v) is 9.81. The molecule has 1 fully saturated rings. The van der Waals surface area contributed by atoms with Crippen molar-refractivity contribution in [1.29, 1.82) is 0 Å². The molecule has 0 bridgehead atoms. The van der Waals surface area contributed by atoms with Crippen LogP contribution in [0.2, 0.25) is 0 Å². The lowest BCUT2D eigenvalue weighted by Crippen LogP contribution is -2.48. The van der Waals surface area contributed by atoms with Gasteiger partial charge in [-0.1, -0.05) is 12.2 Å². The van der Waals surface area contributed by atoms with Crippen molar-refractivity contribution in [2.24, 2.45) is 10.4 Å². The molecule has 3 rings (SSSR count). The van der Waals surface area contributed by atoms with Crippen molar-refractivity contribution in [2.75, 3.05) is 46.9 Å². The van der Waals surface area contributed by atoms with Crippen LogP contribution in [0.3, 0.4) is 0 Å². The van der Waals surface area contributed by atoms with Gasteiger partial charge in [-0.15, -0.1) is 0 Å². The fraction of sp³-hybridized carbons (Fsp3) is 0.591. The van der Waals surface area contributed by atoms with Gasteiger partial charge in [0.15, 0.2) is 12.2 Å². The van der Waals surface area contributed by atoms with E-state index in [1.807, 2.05) is 0 Å². The van der Waals surface area contributed by atoms with Crippen LogP contribution in [0.5, 0.6) is 0 Å². The van der Waals surface area contributed by atoms with E-state index in [2.05, 4.69) is 15.3 Å². The van der Waals surface area contributed by atoms with Gasteiger partial charge >= 0.3 is 11.9 Å². The van der Waals surface area contributed by atoms with E-state index < -0.39 is 40.7 Å². The van der Waals surface area contributed by atoms with Gasteiger partial charge in [0.25, 0.3) is 5.92 Å². The Morgan fingerprint density at radius 1 is 1.46 bits per heavy atom. The first-order chi connectivity index (χ1) is 16.3. The molecule has 0 aliphatic carbocycles. The van der Waals surface area contributed by atoms with Crippen molar-refractivity contribution in [3.8, 4) is 0 Å². The summed E-state index contributed by atoms with van der Waals surface area (Å²) < 4.78 is 39.5. The predicted octanol–water partition coefficient (Wildman–Crippen LogP) is 1.49. The number of carboxylic acid groups (broad SMARTS) is 1. The van der Waals surface area contributed by atoms with Crippen LogP contribution in [0.15, 0.2) is 27.1 Å². The molecule has 1 aromatic heterocycles. The highest BCUT2D eigenvalue weighted by atomic mass is 32.1. The number of aliphatic carboxylic acids is 1. The van der Waals surface area contributed by atoms with Crippen LogP contribution in [0, 0.1) is 12.3 Å². The van der Waals surface area contributed by atoms with Crippen LogP contribution in [-0.2, 0) is 14.3 Å². The number of likely N-dealkylation sites (tertiary alicyclic amines) is 1. The lowest BCUT2D eigenvalue weighted by Gasteiger charge is -2.32. The molecular formula is C22H29F2N5O5S. The zero-order valence-corrected chi connectivity index (χ0v) is 21.0. The van der Waals surface area contributed by atoms with Gasteiger partial charge in [0, 0.05) is 25.3 Å². The Morgan fingerprint density at radius 3 is 2.71 bits per heavy atom. The van der Waals surface area contributed by atoms with E-state index in [1.165, 1.54) is 18.4 Å². The molecule has 35 heavy (non-hydrogen) atoms. The molecule has 0 unspecified atom stereocenters. The van der Waals surface area contributed by atoms with E-state index in [-0.39, 0.29) is 31.8 Å². The average Bonchev–Trinajstić information content (AvgIpc) is 3.28. The van der Waals surface area contributed by atoms with Crippen molar-refractivity contribution >= 4 is 34.9 Å². The summed E-state index contributed by atoms with van der Waals surface area (Å²) in [5, 5.41) is 12.5. The molecule has 0 radical (unpaired) electrons. The summed E-state index contributed by atoms with van der Waals surface area (Å²) in [5.41, 5.74) is -0.0731. The van der Waals surface area contributed by atoms with Gasteiger partial charge in [-0.05, 0) is 27.8 Å². The summed E-state index contributed by atoms with van der Waals surface area (Å²) in [4.78, 5) is 35.1. The Balaban J connectivity index is 1.86. The SMILES string of the molecule is COC(=O)C1=C(CN2CC(F)(F)C(=S)[C@@H]2CN(C)CC(C)(C)C(=O)O)NC(c2ncoc2C)=NC1. The number of aliphatic imine (C=N–C) groups is 1. The number of nitrogens with one attached hydrogen (secondary N) is 1. The van der Waals surface area contributed by atoms with Gasteiger partial charge in [0.2, 0.25) is 0 Å². The van der Waals surface area contributed by atoms with E-state index in [4.69, 9.17) is 21.4 Å². The maximum Gasteiger partial charge on any atom is 0.337 e. The van der Waals surface area contributed by atoms with Crippen LogP contribution in [0.4, 0.5) is 8.78 Å². The zero-order chi connectivity index (χ0) is 26.1. The molecule has 0 spiro atoms. The van der Waals surface area contributed by atoms with Crippen molar-refractivity contribution in [2.45, 2.75) is 32.7 Å². The number of alkyl halides is 2. The third kappa shape index (κ3) is 5.73. The lowest BCUT2D eigenvalue weighted by molar-refractivity contribution is -0.147. The van der Waals surface area contributed by atoms with Gasteiger partial charge in [-0.3, -0.25) is 14.7 Å². The molecular weight excluding hydrogens is 484 g/mol. The number of aromatic nitrogens is 1. The molecule has 0 saturated carbocycles. The molecule has 2 N–H and O–H groups in total. The number of hydrogen-bond donors (Lipinski definition) is 2. The van der Waals surface area contributed by atoms with Crippen LogP contribution >= 0.6 is 12.2 Å². The van der Waals surface area contributed by atoms with Crippen LogP contribution in [-0.4, -0.2) is 101 Å². The fourth-order valence-corrected chi connectivity index (χ4v) is 4.43. The number of thiocarbonyl (C=S) groups is 1. The first-order valence-corrected chi connectivity index (χ1v) is 11.3. The predicted molar refractivity (Wildman–Crippen MR) is 127 cm³/mol. The fourth-order valence-electron chi connectivity index (χ4n) is 4.15. The Morgan fingerprint density at radius 2 is 2.14 bits per heavy atom. The monoisotopic (exact) mass is 513 g/mol. The zero-order valence-electron chi connectivity index (χ0n) is 20.2. The number of oxazole rings is 1. The first-order valence-electron chi connectivity index (χ1n) is 10.9. The highest BCUT2D eigenvalue weighted by Gasteiger charge is 2.51. The van der Waals surface area contributed by atoms with E-state index >= 15 is 0 Å². The van der Waals surface area contributed by atoms with E-state index in [0.29, 0.717) is 23.0 Å². The molecule has 13 heteroatoms. The number of halogens is 2. The van der Waals surface area contributed by atoms with Gasteiger partial charge in [0.1, 0.15) is 11.5 Å². The van der Waals surface area contributed by atoms with Crippen molar-refractivity contribution in [3.05, 3.63) is 29.1 Å². The standard InChI is InChI=1S/C22H29F2N5O5S/c1-12-16(26-11-34-12)18-25-6-13(19(30)33-5)14(27-18)7-29-10-22(23,24)17(35)15(29)8-28(4)9-21(2,3)20(31)32/h11,15H,6-10H2,1-5H3,(H,25,27)(H,31,32)/t15-/m0/s1. The van der Waals surface area contributed by atoms with Crippen molar-refractivity contribution < 1.29 is 32.6 Å².